The smallest absolute Gasteiger partial charge is 0.200 e. The minimum absolute atomic E-state index is 0.405. The summed E-state index contributed by atoms with van der Waals surface area (Å²) in [4.78, 5) is 9.00. The zero-order valence-electron chi connectivity index (χ0n) is 12.0. The summed E-state index contributed by atoms with van der Waals surface area (Å²) in [5.74, 6) is 2.12. The summed E-state index contributed by atoms with van der Waals surface area (Å²) in [7, 11) is 0. The van der Waals surface area contributed by atoms with Crippen LogP contribution in [0.5, 0.6) is 0 Å². The van der Waals surface area contributed by atoms with E-state index in [0.29, 0.717) is 11.7 Å². The predicted molar refractivity (Wildman–Crippen MR) is 85.8 cm³/mol. The number of halogens is 1. The Balaban J connectivity index is 1.64. The van der Waals surface area contributed by atoms with Crippen LogP contribution in [0.4, 0.5) is 0 Å². The minimum Gasteiger partial charge on any atom is -0.253 e. The molecule has 1 aliphatic heterocycles. The van der Waals surface area contributed by atoms with Crippen LogP contribution in [0.3, 0.4) is 0 Å². The van der Waals surface area contributed by atoms with Crippen LogP contribution in [-0.2, 0) is 13.0 Å². The third kappa shape index (κ3) is 2.40. The molecule has 22 heavy (non-hydrogen) atoms. The molecule has 0 saturated heterocycles. The fraction of sp³-hybridized carbons (Fsp3) is 0.235. The number of nitrogens with zero attached hydrogens (tertiary/aromatic N) is 4. The average molecular weight is 311 g/mol. The normalized spacial score (nSPS) is 17.2. The first-order chi connectivity index (χ1) is 10.8. The van der Waals surface area contributed by atoms with Crippen LogP contribution in [0.25, 0.3) is 11.5 Å². The van der Waals surface area contributed by atoms with Crippen molar-refractivity contribution in [2.24, 2.45) is 0 Å². The van der Waals surface area contributed by atoms with Crippen molar-refractivity contribution in [2.75, 3.05) is 0 Å². The minimum atomic E-state index is 0.405. The highest BCUT2D eigenvalue weighted by molar-refractivity contribution is 6.31. The Morgan fingerprint density at radius 3 is 2.77 bits per heavy atom. The third-order valence-electron chi connectivity index (χ3n) is 4.11. The molecular weight excluding hydrogens is 296 g/mol. The van der Waals surface area contributed by atoms with Crippen molar-refractivity contribution in [3.05, 3.63) is 65.1 Å². The quantitative estimate of drug-likeness (QED) is 0.724. The standard InChI is InChI=1S/C17H15ClN4/c18-14-6-2-1-5-13(14)12-8-10-22-16(11-12)20-17(21-22)15-7-3-4-9-19-15/h1-7,9,12H,8,10-11H2. The fourth-order valence-electron chi connectivity index (χ4n) is 2.98. The summed E-state index contributed by atoms with van der Waals surface area (Å²) in [6.07, 6.45) is 3.66. The van der Waals surface area contributed by atoms with E-state index in [1.165, 1.54) is 5.56 Å². The van der Waals surface area contributed by atoms with Crippen LogP contribution in [0.1, 0.15) is 23.7 Å². The zero-order valence-corrected chi connectivity index (χ0v) is 12.7. The molecule has 0 spiro atoms. The van der Waals surface area contributed by atoms with Gasteiger partial charge in [0.05, 0.1) is 0 Å². The van der Waals surface area contributed by atoms with E-state index in [-0.39, 0.29) is 0 Å². The van der Waals surface area contributed by atoms with E-state index in [2.05, 4.69) is 21.1 Å². The van der Waals surface area contributed by atoms with Gasteiger partial charge >= 0.3 is 0 Å². The Bertz CT molecular complexity index is 797. The van der Waals surface area contributed by atoms with Gasteiger partial charge in [-0.25, -0.2) is 9.67 Å². The highest BCUT2D eigenvalue weighted by Gasteiger charge is 2.24. The number of hydrogen-bond donors (Lipinski definition) is 0. The molecule has 0 radical (unpaired) electrons. The molecule has 0 bridgehead atoms. The average Bonchev–Trinajstić information content (AvgIpc) is 2.99. The van der Waals surface area contributed by atoms with Crippen LogP contribution >= 0.6 is 11.6 Å². The Morgan fingerprint density at radius 2 is 1.95 bits per heavy atom. The first-order valence-corrected chi connectivity index (χ1v) is 7.78. The maximum absolute atomic E-state index is 6.33. The number of pyridine rings is 1. The Hall–Kier alpha value is -2.20. The van der Waals surface area contributed by atoms with Gasteiger partial charge in [0.25, 0.3) is 0 Å². The number of rotatable bonds is 2. The van der Waals surface area contributed by atoms with E-state index in [1.807, 2.05) is 41.1 Å². The van der Waals surface area contributed by atoms with Crippen molar-refractivity contribution in [3.8, 4) is 11.5 Å². The zero-order chi connectivity index (χ0) is 14.9. The van der Waals surface area contributed by atoms with Gasteiger partial charge in [-0.15, -0.1) is 5.10 Å². The van der Waals surface area contributed by atoms with Gasteiger partial charge in [-0.3, -0.25) is 4.98 Å². The Kier molecular flexibility index (Phi) is 3.39. The Morgan fingerprint density at radius 1 is 1.09 bits per heavy atom. The molecule has 3 aromatic rings. The van der Waals surface area contributed by atoms with Crippen molar-refractivity contribution >= 4 is 11.6 Å². The maximum Gasteiger partial charge on any atom is 0.200 e. The molecule has 0 saturated carbocycles. The summed E-state index contributed by atoms with van der Waals surface area (Å²) in [5.41, 5.74) is 2.02. The predicted octanol–water partition coefficient (Wildman–Crippen LogP) is 3.72. The van der Waals surface area contributed by atoms with Crippen LogP contribution in [0, 0.1) is 0 Å². The summed E-state index contributed by atoms with van der Waals surface area (Å²) >= 11 is 6.33. The maximum atomic E-state index is 6.33. The van der Waals surface area contributed by atoms with Crippen LogP contribution in [0.15, 0.2) is 48.7 Å². The molecule has 2 aromatic heterocycles. The molecule has 0 fully saturated rings. The molecule has 1 aliphatic rings. The second kappa shape index (κ2) is 5.54. The summed E-state index contributed by atoms with van der Waals surface area (Å²) < 4.78 is 2.00. The number of aryl methyl sites for hydroxylation is 1. The van der Waals surface area contributed by atoms with E-state index in [0.717, 1.165) is 35.9 Å². The van der Waals surface area contributed by atoms with Crippen molar-refractivity contribution in [1.29, 1.82) is 0 Å². The van der Waals surface area contributed by atoms with E-state index < -0.39 is 0 Å². The molecule has 5 heteroatoms. The van der Waals surface area contributed by atoms with Gasteiger partial charge in [-0.2, -0.15) is 0 Å². The summed E-state index contributed by atoms with van der Waals surface area (Å²) in [5, 5.41) is 5.42. The van der Waals surface area contributed by atoms with Crippen LogP contribution < -0.4 is 0 Å². The first-order valence-electron chi connectivity index (χ1n) is 7.41. The molecule has 0 amide bonds. The van der Waals surface area contributed by atoms with Crippen molar-refractivity contribution in [2.45, 2.75) is 25.3 Å². The monoisotopic (exact) mass is 310 g/mol. The summed E-state index contributed by atoms with van der Waals surface area (Å²) in [6.45, 7) is 0.866. The summed E-state index contributed by atoms with van der Waals surface area (Å²) in [6, 6.07) is 13.9. The van der Waals surface area contributed by atoms with Gasteiger partial charge in [-0.1, -0.05) is 35.9 Å². The topological polar surface area (TPSA) is 43.6 Å². The van der Waals surface area contributed by atoms with Crippen LogP contribution in [0.2, 0.25) is 5.02 Å². The lowest BCUT2D eigenvalue weighted by molar-refractivity contribution is 0.434. The van der Waals surface area contributed by atoms with Crippen LogP contribution in [-0.4, -0.2) is 19.7 Å². The first kappa shape index (κ1) is 13.5. The van der Waals surface area contributed by atoms with Gasteiger partial charge < -0.3 is 0 Å². The lowest BCUT2D eigenvalue weighted by Crippen LogP contribution is -2.19. The molecule has 0 aliphatic carbocycles. The van der Waals surface area contributed by atoms with Crippen molar-refractivity contribution in [1.82, 2.24) is 19.7 Å². The molecule has 1 aromatic carbocycles. The molecule has 4 rings (SSSR count). The second-order valence-corrected chi connectivity index (χ2v) is 5.91. The largest absolute Gasteiger partial charge is 0.253 e. The van der Waals surface area contributed by atoms with E-state index in [9.17, 15) is 0 Å². The molecule has 4 nitrogen and oxygen atoms in total. The molecule has 110 valence electrons. The van der Waals surface area contributed by atoms with E-state index in [1.54, 1.807) is 6.20 Å². The van der Waals surface area contributed by atoms with E-state index >= 15 is 0 Å². The number of aromatic nitrogens is 4. The second-order valence-electron chi connectivity index (χ2n) is 5.50. The molecule has 3 heterocycles. The lowest BCUT2D eigenvalue weighted by Gasteiger charge is -2.23. The third-order valence-corrected chi connectivity index (χ3v) is 4.45. The van der Waals surface area contributed by atoms with Gasteiger partial charge in [0, 0.05) is 24.2 Å². The van der Waals surface area contributed by atoms with Gasteiger partial charge in [-0.05, 0) is 36.1 Å². The molecule has 0 N–H and O–H groups in total. The van der Waals surface area contributed by atoms with Crippen molar-refractivity contribution in [3.63, 3.8) is 0 Å². The SMILES string of the molecule is Clc1ccccc1C1CCn2nc(-c3ccccn3)nc2C1. The molecular formula is C17H15ClN4. The number of fused-ring (bicyclic) bond motifs is 1. The Labute approximate surface area is 133 Å². The number of benzene rings is 1. The fourth-order valence-corrected chi connectivity index (χ4v) is 3.27. The van der Waals surface area contributed by atoms with Crippen molar-refractivity contribution < 1.29 is 0 Å². The highest BCUT2D eigenvalue weighted by atomic mass is 35.5. The van der Waals surface area contributed by atoms with Gasteiger partial charge in [0.1, 0.15) is 11.5 Å². The van der Waals surface area contributed by atoms with Gasteiger partial charge in [0.15, 0.2) is 5.82 Å². The lowest BCUT2D eigenvalue weighted by atomic mass is 9.90. The number of hydrogen-bond acceptors (Lipinski definition) is 3. The molecule has 1 atom stereocenters. The highest BCUT2D eigenvalue weighted by Crippen LogP contribution is 2.33. The van der Waals surface area contributed by atoms with Gasteiger partial charge in [0.2, 0.25) is 0 Å². The van der Waals surface area contributed by atoms with E-state index in [4.69, 9.17) is 11.6 Å². The molecule has 1 unspecified atom stereocenters.